The van der Waals surface area contributed by atoms with E-state index in [1.807, 2.05) is 62.1 Å². The van der Waals surface area contributed by atoms with Crippen molar-refractivity contribution in [3.63, 3.8) is 0 Å². The van der Waals surface area contributed by atoms with Gasteiger partial charge < -0.3 is 31.3 Å². The Kier molecular flexibility index (Phi) is 9.40. The number of nitrogens with one attached hydrogen (secondary N) is 3. The predicted octanol–water partition coefficient (Wildman–Crippen LogP) is 1.05. The molecule has 0 radical (unpaired) electrons. The van der Waals surface area contributed by atoms with Crippen LogP contribution in [0.1, 0.15) is 56.0 Å². The summed E-state index contributed by atoms with van der Waals surface area (Å²) >= 11 is 0. The van der Waals surface area contributed by atoms with Gasteiger partial charge in [0.2, 0.25) is 11.8 Å². The Bertz CT molecular complexity index is 1120. The van der Waals surface area contributed by atoms with Crippen LogP contribution in [0.2, 0.25) is 0 Å². The molecular weight excluding hydrogens is 496 g/mol. The summed E-state index contributed by atoms with van der Waals surface area (Å²) in [4.78, 5) is 28.5. The molecule has 6 N–H and O–H groups in total. The summed E-state index contributed by atoms with van der Waals surface area (Å²) in [5.74, 6) is -0.967. The number of hydrogen-bond acceptors (Lipinski definition) is 7. The number of fused-ring (bicyclic) bond motifs is 1. The molecular formula is C30H42N4O5. The molecule has 0 aromatic heterocycles. The summed E-state index contributed by atoms with van der Waals surface area (Å²) in [6, 6.07) is 15.6. The monoisotopic (exact) mass is 538 g/mol. The van der Waals surface area contributed by atoms with E-state index in [4.69, 9.17) is 0 Å². The summed E-state index contributed by atoms with van der Waals surface area (Å²) in [7, 11) is 0. The Labute approximate surface area is 230 Å². The fourth-order valence-corrected chi connectivity index (χ4v) is 5.58. The van der Waals surface area contributed by atoms with Gasteiger partial charge in [0.1, 0.15) is 18.2 Å². The van der Waals surface area contributed by atoms with Crippen LogP contribution in [0.5, 0.6) is 0 Å². The first-order valence-corrected chi connectivity index (χ1v) is 13.8. The minimum Gasteiger partial charge on any atom is -0.392 e. The standard InChI is InChI=1S/C30H42N4O5/c1-30(2,3)33-29(39)24-17-31-13-14-34(24)18-21(35)16-20(15-19-9-5-4-6-10-19)28(38)32-25-22-11-7-8-12-23(22)26(36)27(25)37/h4-12,20-21,24-27,31,35-37H,13-18H2,1-3H3,(H,32,38)(H,33,39)/t20-,21+,24+,25+,26?,27+/m1/s1. The third kappa shape index (κ3) is 7.43. The van der Waals surface area contributed by atoms with E-state index in [9.17, 15) is 24.9 Å². The minimum absolute atomic E-state index is 0.0899. The normalized spacial score (nSPS) is 25.0. The zero-order valence-corrected chi connectivity index (χ0v) is 23.0. The van der Waals surface area contributed by atoms with Crippen molar-refractivity contribution in [1.82, 2.24) is 20.9 Å². The minimum atomic E-state index is -1.16. The molecule has 1 heterocycles. The van der Waals surface area contributed by atoms with E-state index in [1.54, 1.807) is 18.2 Å². The van der Waals surface area contributed by atoms with Gasteiger partial charge in [0.05, 0.1) is 12.1 Å². The molecule has 1 aliphatic carbocycles. The largest absolute Gasteiger partial charge is 0.392 e. The van der Waals surface area contributed by atoms with E-state index in [0.717, 1.165) is 5.56 Å². The number of carbonyl (C=O) groups is 2. The number of benzene rings is 2. The van der Waals surface area contributed by atoms with Crippen molar-refractivity contribution in [2.45, 2.75) is 69.5 Å². The Morgan fingerprint density at radius 3 is 2.41 bits per heavy atom. The molecule has 39 heavy (non-hydrogen) atoms. The second kappa shape index (κ2) is 12.6. The highest BCUT2D eigenvalue weighted by molar-refractivity contribution is 5.83. The lowest BCUT2D eigenvalue weighted by atomic mass is 9.91. The number of β-amino-alcohol motifs (C(OH)–C–C–N with tert-alkyl or cyclic N) is 1. The second-order valence-corrected chi connectivity index (χ2v) is 11.8. The first-order valence-electron chi connectivity index (χ1n) is 13.8. The van der Waals surface area contributed by atoms with Gasteiger partial charge in [0, 0.05) is 37.6 Å². The van der Waals surface area contributed by atoms with Gasteiger partial charge in [-0.2, -0.15) is 0 Å². The summed E-state index contributed by atoms with van der Waals surface area (Å²) in [6.07, 6.45) is -2.48. The Morgan fingerprint density at radius 1 is 1.05 bits per heavy atom. The number of aliphatic hydroxyl groups excluding tert-OH is 3. The van der Waals surface area contributed by atoms with Crippen molar-refractivity contribution in [3.05, 3.63) is 71.3 Å². The second-order valence-electron chi connectivity index (χ2n) is 11.8. The van der Waals surface area contributed by atoms with Crippen LogP contribution in [0.3, 0.4) is 0 Å². The first-order chi connectivity index (χ1) is 18.5. The van der Waals surface area contributed by atoms with Crippen molar-refractivity contribution >= 4 is 11.8 Å². The maximum atomic E-state index is 13.6. The number of aliphatic hydroxyl groups is 3. The van der Waals surface area contributed by atoms with E-state index >= 15 is 0 Å². The summed E-state index contributed by atoms with van der Waals surface area (Å²) < 4.78 is 0. The first kappa shape index (κ1) is 29.2. The third-order valence-electron chi connectivity index (χ3n) is 7.47. The predicted molar refractivity (Wildman–Crippen MR) is 149 cm³/mol. The van der Waals surface area contributed by atoms with Crippen LogP contribution in [0.4, 0.5) is 0 Å². The van der Waals surface area contributed by atoms with Gasteiger partial charge in [0.25, 0.3) is 0 Å². The van der Waals surface area contributed by atoms with Gasteiger partial charge in [-0.05, 0) is 50.3 Å². The van der Waals surface area contributed by atoms with Crippen LogP contribution in [-0.4, -0.2) is 82.0 Å². The molecule has 2 aromatic carbocycles. The lowest BCUT2D eigenvalue weighted by molar-refractivity contribution is -0.131. The average molecular weight is 539 g/mol. The molecule has 4 rings (SSSR count). The van der Waals surface area contributed by atoms with E-state index in [2.05, 4.69) is 16.0 Å². The van der Waals surface area contributed by atoms with Gasteiger partial charge in [0.15, 0.2) is 0 Å². The van der Waals surface area contributed by atoms with Gasteiger partial charge in [-0.15, -0.1) is 0 Å². The zero-order valence-electron chi connectivity index (χ0n) is 23.0. The number of amides is 2. The number of piperazine rings is 1. The Balaban J connectivity index is 1.47. The van der Waals surface area contributed by atoms with Gasteiger partial charge in [-0.3, -0.25) is 14.5 Å². The molecule has 2 amide bonds. The zero-order chi connectivity index (χ0) is 28.2. The van der Waals surface area contributed by atoms with Crippen molar-refractivity contribution in [1.29, 1.82) is 0 Å². The van der Waals surface area contributed by atoms with Crippen LogP contribution in [-0.2, 0) is 16.0 Å². The molecule has 1 unspecified atom stereocenters. The van der Waals surface area contributed by atoms with Crippen molar-refractivity contribution < 1.29 is 24.9 Å². The van der Waals surface area contributed by atoms with Crippen molar-refractivity contribution in [2.24, 2.45) is 5.92 Å². The van der Waals surface area contributed by atoms with Crippen LogP contribution < -0.4 is 16.0 Å². The lowest BCUT2D eigenvalue weighted by Gasteiger charge is -2.38. The van der Waals surface area contributed by atoms with Crippen LogP contribution in [0.25, 0.3) is 0 Å². The van der Waals surface area contributed by atoms with E-state index in [1.165, 1.54) is 0 Å². The molecule has 6 atom stereocenters. The highest BCUT2D eigenvalue weighted by atomic mass is 16.3. The molecule has 2 aromatic rings. The smallest absolute Gasteiger partial charge is 0.239 e. The fraction of sp³-hybridized carbons (Fsp3) is 0.533. The molecule has 0 bridgehead atoms. The number of hydrogen-bond donors (Lipinski definition) is 6. The summed E-state index contributed by atoms with van der Waals surface area (Å²) in [5, 5.41) is 41.6. The Morgan fingerprint density at radius 2 is 1.72 bits per heavy atom. The van der Waals surface area contributed by atoms with Gasteiger partial charge in [-0.25, -0.2) is 0 Å². The number of rotatable bonds is 9. The van der Waals surface area contributed by atoms with E-state index in [-0.39, 0.29) is 30.3 Å². The molecule has 1 fully saturated rings. The van der Waals surface area contributed by atoms with Crippen LogP contribution >= 0.6 is 0 Å². The number of nitrogens with zero attached hydrogens (tertiary/aromatic N) is 1. The van der Waals surface area contributed by atoms with Gasteiger partial charge >= 0.3 is 0 Å². The van der Waals surface area contributed by atoms with Crippen LogP contribution in [0, 0.1) is 5.92 Å². The van der Waals surface area contributed by atoms with Crippen molar-refractivity contribution in [2.75, 3.05) is 26.2 Å². The highest BCUT2D eigenvalue weighted by Gasteiger charge is 2.40. The van der Waals surface area contributed by atoms with Gasteiger partial charge in [-0.1, -0.05) is 54.6 Å². The topological polar surface area (TPSA) is 134 Å². The summed E-state index contributed by atoms with van der Waals surface area (Å²) in [6.45, 7) is 7.88. The number of carbonyl (C=O) groups excluding carboxylic acids is 2. The molecule has 0 spiro atoms. The molecule has 0 saturated carbocycles. The molecule has 1 saturated heterocycles. The van der Waals surface area contributed by atoms with Crippen molar-refractivity contribution in [3.8, 4) is 0 Å². The molecule has 9 heteroatoms. The quantitative estimate of drug-likeness (QED) is 0.281. The fourth-order valence-electron chi connectivity index (χ4n) is 5.58. The molecule has 9 nitrogen and oxygen atoms in total. The maximum Gasteiger partial charge on any atom is 0.239 e. The van der Waals surface area contributed by atoms with Crippen LogP contribution in [0.15, 0.2) is 54.6 Å². The molecule has 212 valence electrons. The summed E-state index contributed by atoms with van der Waals surface area (Å²) in [5.41, 5.74) is 1.89. The highest BCUT2D eigenvalue weighted by Crippen LogP contribution is 2.39. The lowest BCUT2D eigenvalue weighted by Crippen LogP contribution is -2.61. The average Bonchev–Trinajstić information content (AvgIpc) is 3.13. The SMILES string of the molecule is CC(C)(C)NC(=O)[C@@H]1CNCCN1C[C@@H](O)C[C@@H](Cc1ccccc1)C(=O)N[C@H]1c2ccccc2C(O)[C@H]1O. The van der Waals surface area contributed by atoms with E-state index in [0.29, 0.717) is 37.2 Å². The Hall–Kier alpha value is -2.82. The van der Waals surface area contributed by atoms with E-state index < -0.39 is 36.3 Å². The maximum absolute atomic E-state index is 13.6. The molecule has 2 aliphatic rings. The molecule has 1 aliphatic heterocycles. The third-order valence-corrected chi connectivity index (χ3v) is 7.47.